The molecule has 0 N–H and O–H groups in total. The van der Waals surface area contributed by atoms with E-state index in [1.165, 1.54) is 103 Å². The highest BCUT2D eigenvalue weighted by atomic mass is 14.0. The van der Waals surface area contributed by atoms with Crippen LogP contribution in [-0.4, -0.2) is 0 Å². The summed E-state index contributed by atoms with van der Waals surface area (Å²) in [5.41, 5.74) is 0. The fourth-order valence-corrected chi connectivity index (χ4v) is 2.41. The molecule has 0 unspecified atom stereocenters. The Morgan fingerprint density at radius 2 is 0.550 bits per heavy atom. The van der Waals surface area contributed by atoms with Crippen LogP contribution in [0, 0.1) is 0 Å². The molecular formula is C20H44. The SMILES string of the molecule is C1CCCCC1.CCCCCC.CCCCCCCC. The Hall–Kier alpha value is 0. The van der Waals surface area contributed by atoms with Crippen LogP contribution in [0.15, 0.2) is 0 Å². The topological polar surface area (TPSA) is 0 Å². The first kappa shape index (κ1) is 22.3. The van der Waals surface area contributed by atoms with Gasteiger partial charge in [-0.2, -0.15) is 0 Å². The van der Waals surface area contributed by atoms with Gasteiger partial charge in [-0.15, -0.1) is 0 Å². The van der Waals surface area contributed by atoms with Crippen molar-refractivity contribution in [3.05, 3.63) is 0 Å². The van der Waals surface area contributed by atoms with Crippen LogP contribution in [0.1, 0.15) is 130 Å². The number of unbranched alkanes of at least 4 members (excludes halogenated alkanes) is 8. The molecule has 1 aliphatic rings. The molecule has 0 atom stereocenters. The lowest BCUT2D eigenvalue weighted by Gasteiger charge is -2.05. The van der Waals surface area contributed by atoms with Gasteiger partial charge in [0, 0.05) is 0 Å². The smallest absolute Gasteiger partial charge is 0.0533 e. The summed E-state index contributed by atoms with van der Waals surface area (Å²) in [5.74, 6) is 0. The monoisotopic (exact) mass is 284 g/mol. The highest BCUT2D eigenvalue weighted by Crippen LogP contribution is 2.15. The predicted octanol–water partition coefficient (Wildman–Crippen LogP) is 8.29. The molecule has 0 saturated heterocycles. The van der Waals surface area contributed by atoms with E-state index in [1.54, 1.807) is 0 Å². The highest BCUT2D eigenvalue weighted by Gasteiger charge is 1.95. The third-order valence-electron chi connectivity index (χ3n) is 3.91. The zero-order chi connectivity index (χ0) is 15.3. The summed E-state index contributed by atoms with van der Waals surface area (Å²) < 4.78 is 0. The average Bonchev–Trinajstić information content (AvgIpc) is 2.52. The Morgan fingerprint density at radius 1 is 0.350 bits per heavy atom. The van der Waals surface area contributed by atoms with Crippen molar-refractivity contribution in [2.45, 2.75) is 130 Å². The van der Waals surface area contributed by atoms with Crippen molar-refractivity contribution in [1.29, 1.82) is 0 Å². The molecule has 1 fully saturated rings. The predicted molar refractivity (Wildman–Crippen MR) is 96.6 cm³/mol. The first-order chi connectivity index (χ1) is 9.83. The fraction of sp³-hybridized carbons (Fsp3) is 1.00. The van der Waals surface area contributed by atoms with Crippen molar-refractivity contribution in [2.75, 3.05) is 0 Å². The minimum absolute atomic E-state index is 1.36. The van der Waals surface area contributed by atoms with Crippen molar-refractivity contribution in [3.63, 3.8) is 0 Å². The summed E-state index contributed by atoms with van der Waals surface area (Å²) in [6, 6.07) is 0. The van der Waals surface area contributed by atoms with Gasteiger partial charge in [0.1, 0.15) is 0 Å². The molecule has 1 saturated carbocycles. The van der Waals surface area contributed by atoms with Crippen molar-refractivity contribution in [1.82, 2.24) is 0 Å². The van der Waals surface area contributed by atoms with Gasteiger partial charge in [0.15, 0.2) is 0 Å². The summed E-state index contributed by atoms with van der Waals surface area (Å²) >= 11 is 0. The minimum atomic E-state index is 1.36. The maximum Gasteiger partial charge on any atom is -0.0533 e. The van der Waals surface area contributed by atoms with Crippen molar-refractivity contribution < 1.29 is 0 Å². The van der Waals surface area contributed by atoms with Gasteiger partial charge in [0.05, 0.1) is 0 Å². The van der Waals surface area contributed by atoms with E-state index >= 15 is 0 Å². The quantitative estimate of drug-likeness (QED) is 0.393. The highest BCUT2D eigenvalue weighted by molar-refractivity contribution is 4.51. The minimum Gasteiger partial charge on any atom is -0.0654 e. The molecule has 0 amide bonds. The third kappa shape index (κ3) is 26.5. The number of hydrogen-bond donors (Lipinski definition) is 0. The van der Waals surface area contributed by atoms with E-state index in [4.69, 9.17) is 0 Å². The first-order valence-corrected chi connectivity index (χ1v) is 9.83. The molecule has 1 aliphatic carbocycles. The molecule has 20 heavy (non-hydrogen) atoms. The molecule has 0 aliphatic heterocycles. The van der Waals surface area contributed by atoms with Crippen LogP contribution in [0.25, 0.3) is 0 Å². The third-order valence-corrected chi connectivity index (χ3v) is 3.91. The molecule has 0 heterocycles. The van der Waals surface area contributed by atoms with E-state index in [2.05, 4.69) is 27.7 Å². The van der Waals surface area contributed by atoms with E-state index < -0.39 is 0 Å². The summed E-state index contributed by atoms with van der Waals surface area (Å²) in [6.07, 6.45) is 23.0. The van der Waals surface area contributed by atoms with E-state index in [9.17, 15) is 0 Å². The van der Waals surface area contributed by atoms with Crippen LogP contribution in [0.2, 0.25) is 0 Å². The van der Waals surface area contributed by atoms with Gasteiger partial charge in [0.25, 0.3) is 0 Å². The Bertz CT molecular complexity index is 102. The first-order valence-electron chi connectivity index (χ1n) is 9.83. The molecule has 0 heteroatoms. The second-order valence-electron chi connectivity index (χ2n) is 6.24. The Labute approximate surface area is 131 Å². The molecule has 0 bridgehead atoms. The standard InChI is InChI=1S/C8H18.C6H12.C6H14/c1-3-5-7-8-6-4-2;1-2-4-6-5-3-1;1-3-5-6-4-2/h3-8H2,1-2H3;1-6H2;3-6H2,1-2H3. The van der Waals surface area contributed by atoms with Crippen LogP contribution in [0.5, 0.6) is 0 Å². The second kappa shape index (κ2) is 24.0. The molecular weight excluding hydrogens is 240 g/mol. The van der Waals surface area contributed by atoms with Gasteiger partial charge in [-0.3, -0.25) is 0 Å². The Morgan fingerprint density at radius 3 is 0.750 bits per heavy atom. The average molecular weight is 285 g/mol. The summed E-state index contributed by atoms with van der Waals surface area (Å²) in [4.78, 5) is 0. The fourth-order valence-electron chi connectivity index (χ4n) is 2.41. The number of hydrogen-bond acceptors (Lipinski definition) is 0. The van der Waals surface area contributed by atoms with Gasteiger partial charge in [0.2, 0.25) is 0 Å². The van der Waals surface area contributed by atoms with Crippen molar-refractivity contribution >= 4 is 0 Å². The number of rotatable bonds is 8. The van der Waals surface area contributed by atoms with Crippen molar-refractivity contribution in [2.24, 2.45) is 0 Å². The molecule has 0 aromatic carbocycles. The van der Waals surface area contributed by atoms with Gasteiger partial charge in [-0.25, -0.2) is 0 Å². The Balaban J connectivity index is 0. The van der Waals surface area contributed by atoms with Gasteiger partial charge >= 0.3 is 0 Å². The van der Waals surface area contributed by atoms with Crippen LogP contribution in [-0.2, 0) is 0 Å². The molecule has 0 radical (unpaired) electrons. The second-order valence-corrected chi connectivity index (χ2v) is 6.24. The molecule has 0 spiro atoms. The molecule has 1 rings (SSSR count). The van der Waals surface area contributed by atoms with E-state index in [-0.39, 0.29) is 0 Å². The zero-order valence-electron chi connectivity index (χ0n) is 15.3. The summed E-state index contributed by atoms with van der Waals surface area (Å²) in [5, 5.41) is 0. The molecule has 0 aromatic heterocycles. The lowest BCUT2D eigenvalue weighted by molar-refractivity contribution is 0.504. The lowest BCUT2D eigenvalue weighted by Crippen LogP contribution is -1.85. The largest absolute Gasteiger partial charge is 0.0654 e. The molecule has 0 aromatic rings. The van der Waals surface area contributed by atoms with Crippen LogP contribution >= 0.6 is 0 Å². The van der Waals surface area contributed by atoms with Crippen LogP contribution in [0.4, 0.5) is 0 Å². The molecule has 124 valence electrons. The summed E-state index contributed by atoms with van der Waals surface area (Å²) in [6.45, 7) is 8.98. The van der Waals surface area contributed by atoms with Gasteiger partial charge in [-0.1, -0.05) is 130 Å². The molecule has 0 nitrogen and oxygen atoms in total. The van der Waals surface area contributed by atoms with E-state index in [1.807, 2.05) is 0 Å². The van der Waals surface area contributed by atoms with Gasteiger partial charge in [-0.05, 0) is 0 Å². The van der Waals surface area contributed by atoms with Crippen molar-refractivity contribution in [3.8, 4) is 0 Å². The normalized spacial score (nSPS) is 13.8. The zero-order valence-corrected chi connectivity index (χ0v) is 15.3. The van der Waals surface area contributed by atoms with Crippen LogP contribution < -0.4 is 0 Å². The maximum atomic E-state index is 2.26. The summed E-state index contributed by atoms with van der Waals surface area (Å²) in [7, 11) is 0. The van der Waals surface area contributed by atoms with E-state index in [0.717, 1.165) is 0 Å². The van der Waals surface area contributed by atoms with Crippen LogP contribution in [0.3, 0.4) is 0 Å². The van der Waals surface area contributed by atoms with E-state index in [0.29, 0.717) is 0 Å². The maximum absolute atomic E-state index is 2.26. The Kier molecular flexibility index (Phi) is 26.8. The lowest BCUT2D eigenvalue weighted by atomic mass is 10.0. The van der Waals surface area contributed by atoms with Gasteiger partial charge < -0.3 is 0 Å².